The van der Waals surface area contributed by atoms with Gasteiger partial charge in [0.2, 0.25) is 9.54 Å². The van der Waals surface area contributed by atoms with Gasteiger partial charge in [-0.25, -0.2) is 10.2 Å². The zero-order valence-electron chi connectivity index (χ0n) is 19.6. The highest BCUT2D eigenvalue weighted by Gasteiger charge is 2.11. The Morgan fingerprint density at radius 3 is 1.42 bits per heavy atom. The average Bonchev–Trinajstić information content (AvgIpc) is 3.44. The Hall–Kier alpha value is -4.28. The van der Waals surface area contributed by atoms with Crippen molar-refractivity contribution in [2.75, 3.05) is 0 Å². The van der Waals surface area contributed by atoms with Crippen LogP contribution in [0.5, 0.6) is 0 Å². The molecule has 2 aromatic heterocycles. The maximum Gasteiger partial charge on any atom is 0.216 e. The second kappa shape index (κ2) is 10.1. The topological polar surface area (TPSA) is 91.9 Å². The van der Waals surface area contributed by atoms with Gasteiger partial charge < -0.3 is 0 Å². The van der Waals surface area contributed by atoms with Gasteiger partial charge in [-0.15, -0.1) is 0 Å². The molecule has 0 aliphatic carbocycles. The molecule has 0 spiro atoms. The number of nitrogens with one attached hydrogen (secondary N) is 2. The normalized spacial score (nSPS) is 11.6. The van der Waals surface area contributed by atoms with E-state index in [1.54, 1.807) is 21.8 Å². The molecule has 0 atom stereocenters. The highest BCUT2D eigenvalue weighted by Crippen LogP contribution is 2.22. The molecular formula is C26H22N8S2. The summed E-state index contributed by atoms with van der Waals surface area (Å²) in [5.41, 5.74) is 5.94. The summed E-state index contributed by atoms with van der Waals surface area (Å²) < 4.78 is 4.10. The van der Waals surface area contributed by atoms with E-state index in [0.717, 1.165) is 33.4 Å². The fraction of sp³-hybridized carbons (Fsp3) is 0.0769. The minimum Gasteiger partial charge on any atom is -0.250 e. The molecule has 0 bridgehead atoms. The predicted molar refractivity (Wildman–Crippen MR) is 148 cm³/mol. The molecule has 0 amide bonds. The van der Waals surface area contributed by atoms with Gasteiger partial charge in [-0.3, -0.25) is 0 Å². The highest BCUT2D eigenvalue weighted by molar-refractivity contribution is 7.71. The molecule has 0 aliphatic rings. The first-order chi connectivity index (χ1) is 17.5. The van der Waals surface area contributed by atoms with Crippen LogP contribution in [0.15, 0.2) is 83.0 Å². The number of benzene rings is 3. The highest BCUT2D eigenvalue weighted by atomic mass is 32.1. The van der Waals surface area contributed by atoms with Gasteiger partial charge in [0, 0.05) is 11.1 Å². The number of aromatic nitrogens is 6. The van der Waals surface area contributed by atoms with Crippen molar-refractivity contribution < 1.29 is 0 Å². The van der Waals surface area contributed by atoms with E-state index in [0.29, 0.717) is 21.2 Å². The van der Waals surface area contributed by atoms with Crippen LogP contribution in [0, 0.1) is 23.4 Å². The summed E-state index contributed by atoms with van der Waals surface area (Å²) >= 11 is 10.8. The first-order valence-electron chi connectivity index (χ1n) is 11.2. The van der Waals surface area contributed by atoms with Gasteiger partial charge in [0.1, 0.15) is 0 Å². The Morgan fingerprint density at radius 2 is 1.03 bits per heavy atom. The van der Waals surface area contributed by atoms with Gasteiger partial charge in [0.15, 0.2) is 11.6 Å². The van der Waals surface area contributed by atoms with Crippen LogP contribution in [0.2, 0.25) is 0 Å². The number of hydrogen-bond donors (Lipinski definition) is 2. The summed E-state index contributed by atoms with van der Waals surface area (Å²) in [5.74, 6) is 1.33. The lowest BCUT2D eigenvalue weighted by atomic mass is 10.1. The predicted octanol–water partition coefficient (Wildman–Crippen LogP) is 5.91. The quantitative estimate of drug-likeness (QED) is 0.219. The molecule has 178 valence electrons. The summed E-state index contributed by atoms with van der Waals surface area (Å²) in [5, 5.41) is 23.5. The largest absolute Gasteiger partial charge is 0.250 e. The summed E-state index contributed by atoms with van der Waals surface area (Å²) in [6, 6.07) is 23.8. The summed E-state index contributed by atoms with van der Waals surface area (Å²) in [7, 11) is 0. The molecule has 0 fully saturated rings. The van der Waals surface area contributed by atoms with E-state index in [-0.39, 0.29) is 0 Å². The Morgan fingerprint density at radius 1 is 0.639 bits per heavy atom. The third-order valence-corrected chi connectivity index (χ3v) is 6.18. The minimum atomic E-state index is 0.426. The van der Waals surface area contributed by atoms with Crippen LogP contribution in [0.1, 0.15) is 22.3 Å². The fourth-order valence-electron chi connectivity index (χ4n) is 3.71. The van der Waals surface area contributed by atoms with Gasteiger partial charge in [0.25, 0.3) is 0 Å². The number of aromatic amines is 2. The molecule has 0 radical (unpaired) electrons. The first kappa shape index (κ1) is 23.5. The smallest absolute Gasteiger partial charge is 0.216 e. The van der Waals surface area contributed by atoms with Gasteiger partial charge >= 0.3 is 0 Å². The lowest BCUT2D eigenvalue weighted by Gasteiger charge is -2.04. The molecule has 5 rings (SSSR count). The molecule has 2 N–H and O–H groups in total. The molecule has 2 heterocycles. The Balaban J connectivity index is 1.37. The molecule has 0 aliphatic heterocycles. The second-order valence-corrected chi connectivity index (χ2v) is 8.89. The summed E-state index contributed by atoms with van der Waals surface area (Å²) in [6.07, 6.45) is 3.49. The summed E-state index contributed by atoms with van der Waals surface area (Å²) in [6.45, 7) is 4.06. The van der Waals surface area contributed by atoms with E-state index in [1.165, 1.54) is 0 Å². The number of nitrogens with zero attached hydrogens (tertiary/aromatic N) is 6. The molecule has 8 nitrogen and oxygen atoms in total. The van der Waals surface area contributed by atoms with Crippen molar-refractivity contribution in [1.82, 2.24) is 29.7 Å². The van der Waals surface area contributed by atoms with Crippen LogP contribution >= 0.6 is 24.4 Å². The van der Waals surface area contributed by atoms with Crippen LogP contribution in [0.3, 0.4) is 0 Å². The molecule has 5 aromatic rings. The third kappa shape index (κ3) is 4.77. The van der Waals surface area contributed by atoms with Crippen molar-refractivity contribution in [2.24, 2.45) is 10.2 Å². The number of aryl methyl sites for hydroxylation is 2. The Bertz CT molecular complexity index is 1570. The number of H-pyrrole nitrogens is 2. The lowest BCUT2D eigenvalue weighted by Crippen LogP contribution is -1.97. The van der Waals surface area contributed by atoms with Crippen LogP contribution in [-0.2, 0) is 0 Å². The SMILES string of the molecule is Cc1ccccc1-c1n[nH]c(=S)n1/N=C/c1ccc(/C=N/n2c(-c3ccccc3C)n[nH]c2=S)cc1. The van der Waals surface area contributed by atoms with E-state index in [4.69, 9.17) is 24.4 Å². The van der Waals surface area contributed by atoms with E-state index in [2.05, 4.69) is 30.6 Å². The Kier molecular flexibility index (Phi) is 6.61. The maximum atomic E-state index is 5.39. The standard InChI is InChI=1S/C26H22N8S2/c1-17-7-3-5-9-21(17)23-29-31-25(35)33(23)27-15-19-11-13-20(14-12-19)16-28-34-24(30-32-26(34)36)22-10-6-4-8-18(22)2/h3-16H,1-2H3,(H,31,35)(H,32,36)/b27-15+,28-16+. The van der Waals surface area contributed by atoms with E-state index in [9.17, 15) is 0 Å². The van der Waals surface area contributed by atoms with E-state index < -0.39 is 0 Å². The molecule has 3 aromatic carbocycles. The zero-order valence-corrected chi connectivity index (χ0v) is 21.2. The van der Waals surface area contributed by atoms with Gasteiger partial charge in [-0.2, -0.15) is 29.8 Å². The Labute approximate surface area is 217 Å². The van der Waals surface area contributed by atoms with Crippen LogP contribution in [0.4, 0.5) is 0 Å². The van der Waals surface area contributed by atoms with Crippen molar-refractivity contribution in [3.05, 3.63) is 105 Å². The molecule has 36 heavy (non-hydrogen) atoms. The van der Waals surface area contributed by atoms with Crippen molar-refractivity contribution in [3.63, 3.8) is 0 Å². The number of rotatable bonds is 6. The summed E-state index contributed by atoms with van der Waals surface area (Å²) in [4.78, 5) is 0. The minimum absolute atomic E-state index is 0.426. The first-order valence-corrected chi connectivity index (χ1v) is 12.0. The van der Waals surface area contributed by atoms with Gasteiger partial charge in [-0.05, 0) is 60.5 Å². The molecular weight excluding hydrogens is 488 g/mol. The van der Waals surface area contributed by atoms with Crippen LogP contribution in [-0.4, -0.2) is 42.2 Å². The molecule has 10 heteroatoms. The van der Waals surface area contributed by atoms with E-state index >= 15 is 0 Å². The van der Waals surface area contributed by atoms with E-state index in [1.807, 2.05) is 86.6 Å². The second-order valence-electron chi connectivity index (χ2n) is 8.11. The maximum absolute atomic E-state index is 5.39. The number of hydrogen-bond acceptors (Lipinski definition) is 6. The van der Waals surface area contributed by atoms with Crippen molar-refractivity contribution >= 4 is 36.9 Å². The lowest BCUT2D eigenvalue weighted by molar-refractivity contribution is 0.870. The van der Waals surface area contributed by atoms with Crippen molar-refractivity contribution in [1.29, 1.82) is 0 Å². The van der Waals surface area contributed by atoms with Crippen molar-refractivity contribution in [2.45, 2.75) is 13.8 Å². The van der Waals surface area contributed by atoms with Crippen molar-refractivity contribution in [3.8, 4) is 22.8 Å². The monoisotopic (exact) mass is 510 g/mol. The fourth-order valence-corrected chi connectivity index (χ4v) is 4.07. The molecule has 0 saturated heterocycles. The average molecular weight is 511 g/mol. The van der Waals surface area contributed by atoms with Crippen LogP contribution < -0.4 is 0 Å². The third-order valence-electron chi connectivity index (χ3n) is 5.65. The van der Waals surface area contributed by atoms with Crippen LogP contribution in [0.25, 0.3) is 22.8 Å². The molecule has 0 unspecified atom stereocenters. The van der Waals surface area contributed by atoms with Gasteiger partial charge in [-0.1, -0.05) is 72.8 Å². The molecule has 0 saturated carbocycles. The zero-order chi connectivity index (χ0) is 25.1. The van der Waals surface area contributed by atoms with Gasteiger partial charge in [0.05, 0.1) is 12.4 Å².